The van der Waals surface area contributed by atoms with Crippen molar-refractivity contribution in [3.05, 3.63) is 65.7 Å². The lowest BCUT2D eigenvalue weighted by Gasteiger charge is -2.37. The topological polar surface area (TPSA) is 75.3 Å². The summed E-state index contributed by atoms with van der Waals surface area (Å²) in [6.45, 7) is 1.53. The highest BCUT2D eigenvalue weighted by atomic mass is 32.2. The Hall–Kier alpha value is -2.60. The van der Waals surface area contributed by atoms with Gasteiger partial charge in [-0.1, -0.05) is 37.3 Å². The maximum absolute atomic E-state index is 13.6. The molecule has 1 aliphatic carbocycles. The second kappa shape index (κ2) is 9.81. The molecule has 35 heavy (non-hydrogen) atoms. The van der Waals surface area contributed by atoms with Gasteiger partial charge in [-0.2, -0.15) is 26.3 Å². The number of sulfonamides is 1. The molecule has 0 saturated heterocycles. The number of halogens is 6. The van der Waals surface area contributed by atoms with E-state index in [2.05, 4.69) is 10.0 Å². The van der Waals surface area contributed by atoms with E-state index in [9.17, 15) is 39.6 Å². The van der Waals surface area contributed by atoms with Gasteiger partial charge in [0.1, 0.15) is 0 Å². The highest BCUT2D eigenvalue weighted by Crippen LogP contribution is 2.39. The van der Waals surface area contributed by atoms with Crippen LogP contribution in [0.25, 0.3) is 0 Å². The summed E-state index contributed by atoms with van der Waals surface area (Å²) in [5, 5.41) is 2.10. The Kier molecular flexibility index (Phi) is 7.56. The first kappa shape index (κ1) is 27.0. The minimum atomic E-state index is -4.71. The molecule has 1 saturated carbocycles. The Morgan fingerprint density at radius 3 is 1.97 bits per heavy atom. The van der Waals surface area contributed by atoms with E-state index in [0.29, 0.717) is 12.1 Å². The zero-order valence-corrected chi connectivity index (χ0v) is 19.4. The summed E-state index contributed by atoms with van der Waals surface area (Å²) >= 11 is 0. The molecule has 5 nitrogen and oxygen atoms in total. The molecule has 1 fully saturated rings. The van der Waals surface area contributed by atoms with Crippen LogP contribution in [0.5, 0.6) is 0 Å². The number of amides is 1. The monoisotopic (exact) mass is 522 g/mol. The lowest BCUT2D eigenvalue weighted by Crippen LogP contribution is -2.48. The number of alkyl halides is 6. The molecule has 0 aromatic heterocycles. The average Bonchev–Trinajstić information content (AvgIpc) is 2.78. The number of hydrogen-bond acceptors (Lipinski definition) is 3. The van der Waals surface area contributed by atoms with Crippen LogP contribution >= 0.6 is 0 Å². The molecular formula is C23H24F6N2O3S. The minimum absolute atomic E-state index is 0.102. The van der Waals surface area contributed by atoms with Crippen molar-refractivity contribution in [3.63, 3.8) is 0 Å². The van der Waals surface area contributed by atoms with Crippen molar-refractivity contribution >= 4 is 15.9 Å². The first-order valence-corrected chi connectivity index (χ1v) is 12.2. The Morgan fingerprint density at radius 1 is 0.943 bits per heavy atom. The second-order valence-electron chi connectivity index (χ2n) is 8.84. The Morgan fingerprint density at radius 2 is 1.49 bits per heavy atom. The smallest absolute Gasteiger partial charge is 0.340 e. The predicted octanol–water partition coefficient (Wildman–Crippen LogP) is 5.35. The molecule has 0 bridgehead atoms. The molecule has 0 radical (unpaired) electrons. The summed E-state index contributed by atoms with van der Waals surface area (Å²) in [5.41, 5.74) is -2.23. The number of carbonyl (C=O) groups excluding carboxylic acids is 1. The van der Waals surface area contributed by atoms with Crippen LogP contribution in [0.4, 0.5) is 26.3 Å². The lowest BCUT2D eigenvalue weighted by atomic mass is 9.73. The molecule has 1 amide bonds. The fourth-order valence-electron chi connectivity index (χ4n) is 4.02. The SMILES string of the molecule is C[C@]1(C(=O)N[C@@H](c2ccccc2)C(F)(F)F)CC[C@H](NS(=O)(=O)c2ccc(C(F)(F)F)cc2)CC1. The summed E-state index contributed by atoms with van der Waals surface area (Å²) in [4.78, 5) is 12.5. The summed E-state index contributed by atoms with van der Waals surface area (Å²) in [6.07, 6.45) is -8.72. The molecule has 1 atom stereocenters. The van der Waals surface area contributed by atoms with Crippen LogP contribution < -0.4 is 10.0 Å². The lowest BCUT2D eigenvalue weighted by molar-refractivity contribution is -0.167. The van der Waals surface area contributed by atoms with E-state index in [4.69, 9.17) is 0 Å². The molecule has 2 N–H and O–H groups in total. The number of carbonyl (C=O) groups is 1. The summed E-state index contributed by atoms with van der Waals surface area (Å²) in [5.74, 6) is -0.785. The minimum Gasteiger partial charge on any atom is -0.340 e. The van der Waals surface area contributed by atoms with Crippen LogP contribution in [0.3, 0.4) is 0 Å². The molecule has 0 heterocycles. The predicted molar refractivity (Wildman–Crippen MR) is 116 cm³/mol. The quantitative estimate of drug-likeness (QED) is 0.502. The van der Waals surface area contributed by atoms with Crippen LogP contribution in [0.15, 0.2) is 59.5 Å². The average molecular weight is 523 g/mol. The third-order valence-electron chi connectivity index (χ3n) is 6.19. The summed E-state index contributed by atoms with van der Waals surface area (Å²) in [6, 6.07) is 7.24. The summed E-state index contributed by atoms with van der Waals surface area (Å²) in [7, 11) is -4.12. The van der Waals surface area contributed by atoms with Gasteiger partial charge in [0, 0.05) is 11.5 Å². The van der Waals surface area contributed by atoms with E-state index in [-0.39, 0.29) is 36.1 Å². The van der Waals surface area contributed by atoms with E-state index in [1.807, 2.05) is 0 Å². The van der Waals surface area contributed by atoms with E-state index in [1.165, 1.54) is 31.2 Å². The zero-order valence-electron chi connectivity index (χ0n) is 18.6. The molecule has 0 spiro atoms. The van der Waals surface area contributed by atoms with Gasteiger partial charge in [0.25, 0.3) is 0 Å². The maximum atomic E-state index is 13.6. The van der Waals surface area contributed by atoms with Crippen molar-refractivity contribution < 1.29 is 39.6 Å². The Balaban J connectivity index is 1.64. The van der Waals surface area contributed by atoms with E-state index in [0.717, 1.165) is 12.1 Å². The number of benzene rings is 2. The van der Waals surface area contributed by atoms with Crippen LogP contribution in [-0.4, -0.2) is 26.5 Å². The van der Waals surface area contributed by atoms with Crippen LogP contribution in [0.1, 0.15) is 49.8 Å². The van der Waals surface area contributed by atoms with E-state index < -0.39 is 51.3 Å². The van der Waals surface area contributed by atoms with E-state index in [1.54, 1.807) is 6.07 Å². The highest BCUT2D eigenvalue weighted by molar-refractivity contribution is 7.89. The fourth-order valence-corrected chi connectivity index (χ4v) is 5.32. The zero-order chi connectivity index (χ0) is 26.1. The van der Waals surface area contributed by atoms with Gasteiger partial charge in [-0.25, -0.2) is 13.1 Å². The van der Waals surface area contributed by atoms with Crippen molar-refractivity contribution in [1.82, 2.24) is 10.0 Å². The van der Waals surface area contributed by atoms with Crippen LogP contribution in [0.2, 0.25) is 0 Å². The molecule has 12 heteroatoms. The molecule has 1 aliphatic rings. The standard InChI is InChI=1S/C23H24F6N2O3S/c1-21(20(32)30-19(23(27,28)29)15-5-3-2-4-6-15)13-11-17(12-14-21)31-35(33,34)18-9-7-16(8-10-18)22(24,25)26/h2-10,17,19,31H,11-14H2,1H3,(H,30,32)/t17-,19-,21-/m0/s1. The summed E-state index contributed by atoms with van der Waals surface area (Å²) < 4.78 is 106. The van der Waals surface area contributed by atoms with Crippen molar-refractivity contribution in [1.29, 1.82) is 0 Å². The van der Waals surface area contributed by atoms with Gasteiger partial charge in [-0.15, -0.1) is 0 Å². The van der Waals surface area contributed by atoms with Crippen molar-refractivity contribution in [2.45, 2.75) is 61.9 Å². The van der Waals surface area contributed by atoms with Gasteiger partial charge in [-0.3, -0.25) is 4.79 Å². The van der Waals surface area contributed by atoms with E-state index >= 15 is 0 Å². The van der Waals surface area contributed by atoms with Crippen LogP contribution in [0, 0.1) is 5.41 Å². The molecule has 0 unspecified atom stereocenters. The third kappa shape index (κ3) is 6.54. The molecular weight excluding hydrogens is 498 g/mol. The van der Waals surface area contributed by atoms with Gasteiger partial charge in [-0.05, 0) is 55.5 Å². The first-order valence-electron chi connectivity index (χ1n) is 10.7. The van der Waals surface area contributed by atoms with Gasteiger partial charge >= 0.3 is 12.4 Å². The van der Waals surface area contributed by atoms with Gasteiger partial charge in [0.05, 0.1) is 10.5 Å². The second-order valence-corrected chi connectivity index (χ2v) is 10.6. The Bertz CT molecular complexity index is 1120. The van der Waals surface area contributed by atoms with Crippen molar-refractivity contribution in [2.24, 2.45) is 5.41 Å². The molecule has 2 aromatic rings. The Labute approximate surface area is 199 Å². The van der Waals surface area contributed by atoms with Gasteiger partial charge in [0.15, 0.2) is 6.04 Å². The molecule has 2 aromatic carbocycles. The normalized spacial score (nSPS) is 22.4. The number of hydrogen-bond donors (Lipinski definition) is 2. The molecule has 3 rings (SSSR count). The third-order valence-corrected chi connectivity index (χ3v) is 7.72. The van der Waals surface area contributed by atoms with Gasteiger partial charge < -0.3 is 5.32 Å². The van der Waals surface area contributed by atoms with Crippen molar-refractivity contribution in [2.75, 3.05) is 0 Å². The molecule has 0 aliphatic heterocycles. The highest BCUT2D eigenvalue weighted by Gasteiger charge is 2.46. The molecule has 192 valence electrons. The van der Waals surface area contributed by atoms with Crippen LogP contribution in [-0.2, 0) is 21.0 Å². The number of nitrogens with one attached hydrogen (secondary N) is 2. The maximum Gasteiger partial charge on any atom is 0.416 e. The van der Waals surface area contributed by atoms with Crippen molar-refractivity contribution in [3.8, 4) is 0 Å². The fraction of sp³-hybridized carbons (Fsp3) is 0.435. The van der Waals surface area contributed by atoms with Gasteiger partial charge in [0.2, 0.25) is 15.9 Å². The number of rotatable bonds is 6. The largest absolute Gasteiger partial charge is 0.416 e. The first-order chi connectivity index (χ1) is 16.1.